The maximum Gasteiger partial charge on any atom is 0.411 e. The minimum Gasteiger partial charge on any atom is -0.482 e. The molecule has 1 N–H and O–H groups in total. The molecule has 0 bridgehead atoms. The van der Waals surface area contributed by atoms with Gasteiger partial charge in [0.1, 0.15) is 17.4 Å². The number of alkyl halides is 3. The second-order valence-corrected chi connectivity index (χ2v) is 4.52. The predicted octanol–water partition coefficient (Wildman–Crippen LogP) is 2.15. The third kappa shape index (κ3) is 2.85. The highest BCUT2D eigenvalue weighted by atomic mass is 19.4. The van der Waals surface area contributed by atoms with E-state index in [9.17, 15) is 18.0 Å². The van der Waals surface area contributed by atoms with Gasteiger partial charge in [-0.25, -0.2) is 0 Å². The number of rotatable bonds is 4. The van der Waals surface area contributed by atoms with E-state index in [-0.39, 0.29) is 24.2 Å². The Kier molecular flexibility index (Phi) is 3.57. The van der Waals surface area contributed by atoms with E-state index in [4.69, 9.17) is 10.00 Å². The van der Waals surface area contributed by atoms with Crippen molar-refractivity contribution < 1.29 is 22.7 Å². The smallest absolute Gasteiger partial charge is 0.411 e. The fourth-order valence-electron chi connectivity index (χ4n) is 1.74. The Bertz CT molecular complexity index is 559. The van der Waals surface area contributed by atoms with Gasteiger partial charge in [0.05, 0.1) is 5.56 Å². The number of carbonyl (C=O) groups excluding carboxylic acids is 1. The van der Waals surface area contributed by atoms with Gasteiger partial charge in [0, 0.05) is 0 Å². The molecule has 4 nitrogen and oxygen atoms in total. The highest BCUT2D eigenvalue weighted by Gasteiger charge is 2.64. The number of benzene rings is 1. The zero-order valence-electron chi connectivity index (χ0n) is 10.3. The van der Waals surface area contributed by atoms with Gasteiger partial charge in [0.2, 0.25) is 0 Å². The summed E-state index contributed by atoms with van der Waals surface area (Å²) in [5, 5.41) is 10.8. The normalized spacial score (nSPS) is 16.1. The largest absolute Gasteiger partial charge is 0.482 e. The monoisotopic (exact) mass is 284 g/mol. The summed E-state index contributed by atoms with van der Waals surface area (Å²) < 4.78 is 43.0. The van der Waals surface area contributed by atoms with Gasteiger partial charge in [-0.05, 0) is 25.0 Å². The van der Waals surface area contributed by atoms with Crippen molar-refractivity contribution in [1.29, 1.82) is 5.26 Å². The van der Waals surface area contributed by atoms with Gasteiger partial charge in [-0.2, -0.15) is 18.4 Å². The van der Waals surface area contributed by atoms with Crippen molar-refractivity contribution in [2.45, 2.75) is 24.6 Å². The molecule has 1 fully saturated rings. The summed E-state index contributed by atoms with van der Waals surface area (Å²) in [6.07, 6.45) is -4.68. The molecular weight excluding hydrogens is 273 g/mol. The third-order valence-electron chi connectivity index (χ3n) is 3.04. The summed E-state index contributed by atoms with van der Waals surface area (Å²) in [5.74, 6) is -0.686. The Labute approximate surface area is 113 Å². The van der Waals surface area contributed by atoms with E-state index < -0.39 is 24.2 Å². The molecular formula is C13H11F3N2O2. The minimum absolute atomic E-state index is 0.114. The van der Waals surface area contributed by atoms with Crippen molar-refractivity contribution in [3.8, 4) is 11.8 Å². The minimum atomic E-state index is -4.45. The van der Waals surface area contributed by atoms with Crippen LogP contribution in [0.15, 0.2) is 24.3 Å². The van der Waals surface area contributed by atoms with E-state index in [2.05, 4.69) is 0 Å². The van der Waals surface area contributed by atoms with E-state index in [1.54, 1.807) is 12.1 Å². The second-order valence-electron chi connectivity index (χ2n) is 4.52. The first-order valence-corrected chi connectivity index (χ1v) is 5.88. The molecule has 7 heteroatoms. The van der Waals surface area contributed by atoms with Crippen molar-refractivity contribution in [3.05, 3.63) is 29.8 Å². The number of hydrogen-bond acceptors (Lipinski definition) is 3. The van der Waals surface area contributed by atoms with Crippen molar-refractivity contribution in [1.82, 2.24) is 5.32 Å². The number of hydrogen-bond donors (Lipinski definition) is 1. The lowest BCUT2D eigenvalue weighted by atomic mass is 10.2. The summed E-state index contributed by atoms with van der Waals surface area (Å²) in [6.45, 7) is -0.559. The highest BCUT2D eigenvalue weighted by Crippen LogP contribution is 2.48. The van der Waals surface area contributed by atoms with Gasteiger partial charge < -0.3 is 10.1 Å². The fraction of sp³-hybridized carbons (Fsp3) is 0.385. The number of para-hydroxylation sites is 1. The first-order chi connectivity index (χ1) is 9.38. The molecule has 1 saturated carbocycles. The average molecular weight is 284 g/mol. The van der Waals surface area contributed by atoms with Crippen molar-refractivity contribution in [2.24, 2.45) is 0 Å². The van der Waals surface area contributed by atoms with Gasteiger partial charge in [0.25, 0.3) is 5.91 Å². The Hall–Kier alpha value is -2.23. The predicted molar refractivity (Wildman–Crippen MR) is 62.8 cm³/mol. The molecule has 0 atom stereocenters. The van der Waals surface area contributed by atoms with Crippen LogP contribution < -0.4 is 10.1 Å². The molecule has 0 heterocycles. The zero-order valence-corrected chi connectivity index (χ0v) is 10.3. The van der Waals surface area contributed by atoms with Crippen molar-refractivity contribution >= 4 is 5.91 Å². The summed E-state index contributed by atoms with van der Waals surface area (Å²) in [7, 11) is 0. The topological polar surface area (TPSA) is 62.1 Å². The molecule has 0 unspecified atom stereocenters. The van der Waals surface area contributed by atoms with Crippen LogP contribution in [0.2, 0.25) is 0 Å². The Balaban J connectivity index is 1.92. The molecule has 1 aromatic carbocycles. The van der Waals surface area contributed by atoms with E-state index in [0.29, 0.717) is 0 Å². The van der Waals surface area contributed by atoms with Crippen LogP contribution in [0.1, 0.15) is 18.4 Å². The third-order valence-corrected chi connectivity index (χ3v) is 3.04. The number of amides is 1. The van der Waals surface area contributed by atoms with Gasteiger partial charge in [-0.15, -0.1) is 0 Å². The van der Waals surface area contributed by atoms with Crippen LogP contribution in [-0.4, -0.2) is 24.2 Å². The van der Waals surface area contributed by atoms with Gasteiger partial charge >= 0.3 is 6.18 Å². The maximum atomic E-state index is 12.6. The molecule has 0 aliphatic heterocycles. The first kappa shape index (κ1) is 14.2. The molecule has 0 radical (unpaired) electrons. The van der Waals surface area contributed by atoms with Gasteiger partial charge in [0.15, 0.2) is 6.61 Å². The first-order valence-electron chi connectivity index (χ1n) is 5.88. The maximum absolute atomic E-state index is 12.6. The lowest BCUT2D eigenvalue weighted by molar-refractivity contribution is -0.170. The summed E-state index contributed by atoms with van der Waals surface area (Å²) in [5.41, 5.74) is -1.88. The van der Waals surface area contributed by atoms with E-state index in [1.807, 2.05) is 11.4 Å². The molecule has 106 valence electrons. The van der Waals surface area contributed by atoms with Crippen molar-refractivity contribution in [2.75, 3.05) is 6.61 Å². The van der Waals surface area contributed by atoms with Crippen LogP contribution in [0.4, 0.5) is 13.2 Å². The van der Waals surface area contributed by atoms with E-state index in [0.717, 1.165) is 0 Å². The number of nitrogens with one attached hydrogen (secondary N) is 1. The molecule has 1 aliphatic carbocycles. The molecule has 1 aliphatic rings. The van der Waals surface area contributed by atoms with Crippen LogP contribution >= 0.6 is 0 Å². The molecule has 1 amide bonds. The average Bonchev–Trinajstić information content (AvgIpc) is 3.17. The molecule has 0 aromatic heterocycles. The van der Waals surface area contributed by atoms with Crippen molar-refractivity contribution in [3.63, 3.8) is 0 Å². The van der Waals surface area contributed by atoms with Crippen LogP contribution in [0.25, 0.3) is 0 Å². The van der Waals surface area contributed by atoms with Crippen LogP contribution in [0, 0.1) is 11.3 Å². The molecule has 2 rings (SSSR count). The summed E-state index contributed by atoms with van der Waals surface area (Å²) in [4.78, 5) is 11.5. The lowest BCUT2D eigenvalue weighted by Crippen LogP contribution is -2.49. The summed E-state index contributed by atoms with van der Waals surface area (Å²) >= 11 is 0. The lowest BCUT2D eigenvalue weighted by Gasteiger charge is -2.20. The SMILES string of the molecule is N#Cc1ccccc1OCC(=O)NC1(C(F)(F)F)CC1. The molecule has 1 aromatic rings. The van der Waals surface area contributed by atoms with E-state index >= 15 is 0 Å². The Morgan fingerprint density at radius 1 is 1.40 bits per heavy atom. The fourth-order valence-corrected chi connectivity index (χ4v) is 1.74. The summed E-state index contributed by atoms with van der Waals surface area (Å²) in [6, 6.07) is 8.06. The number of halogens is 3. The molecule has 0 saturated heterocycles. The Morgan fingerprint density at radius 3 is 2.60 bits per heavy atom. The molecule has 20 heavy (non-hydrogen) atoms. The quantitative estimate of drug-likeness (QED) is 0.921. The number of nitrogens with zero attached hydrogens (tertiary/aromatic N) is 1. The van der Waals surface area contributed by atoms with E-state index in [1.165, 1.54) is 12.1 Å². The van der Waals surface area contributed by atoms with Crippen LogP contribution in [0.3, 0.4) is 0 Å². The number of nitriles is 1. The second kappa shape index (κ2) is 5.04. The Morgan fingerprint density at radius 2 is 2.05 bits per heavy atom. The number of ether oxygens (including phenoxy) is 1. The van der Waals surface area contributed by atoms with Crippen LogP contribution in [0.5, 0.6) is 5.75 Å². The van der Waals surface area contributed by atoms with Crippen LogP contribution in [-0.2, 0) is 4.79 Å². The van der Waals surface area contributed by atoms with Gasteiger partial charge in [-0.1, -0.05) is 12.1 Å². The zero-order chi connectivity index (χ0) is 14.8. The van der Waals surface area contributed by atoms with Gasteiger partial charge in [-0.3, -0.25) is 4.79 Å². The standard InChI is InChI=1S/C13H11F3N2O2/c14-13(15,16)12(5-6-12)18-11(19)8-20-10-4-2-1-3-9(10)7-17/h1-4H,5-6,8H2,(H,18,19). The highest BCUT2D eigenvalue weighted by molar-refractivity contribution is 5.79. The number of carbonyl (C=O) groups is 1. The molecule has 0 spiro atoms.